The van der Waals surface area contributed by atoms with Gasteiger partial charge in [0.25, 0.3) is 5.91 Å². The van der Waals surface area contributed by atoms with Gasteiger partial charge in [-0.2, -0.15) is 5.10 Å². The number of nitrogens with zero attached hydrogens (tertiary/aromatic N) is 4. The van der Waals surface area contributed by atoms with Crippen LogP contribution < -0.4 is 5.73 Å². The first-order valence-corrected chi connectivity index (χ1v) is 4.32. The maximum Gasteiger partial charge on any atom is 0.252 e. The van der Waals surface area contributed by atoms with Crippen molar-refractivity contribution in [1.29, 1.82) is 0 Å². The van der Waals surface area contributed by atoms with Crippen molar-refractivity contribution in [3.63, 3.8) is 0 Å². The molecule has 2 N–H and O–H groups in total. The van der Waals surface area contributed by atoms with Crippen LogP contribution in [0.4, 0.5) is 0 Å². The molecule has 0 unspecified atom stereocenters. The van der Waals surface area contributed by atoms with Gasteiger partial charge in [0, 0.05) is 18.6 Å². The SMILES string of the molecule is Cc1nn(-c2ncccn2)cc1C(N)=O. The minimum absolute atomic E-state index is 0.377. The summed E-state index contributed by atoms with van der Waals surface area (Å²) >= 11 is 0. The molecule has 2 aromatic heterocycles. The van der Waals surface area contributed by atoms with Crippen LogP contribution in [0.25, 0.3) is 5.95 Å². The van der Waals surface area contributed by atoms with Crippen LogP contribution in [0.3, 0.4) is 0 Å². The Balaban J connectivity index is 2.48. The zero-order valence-electron chi connectivity index (χ0n) is 8.08. The number of carbonyl (C=O) groups is 1. The molecule has 2 heterocycles. The summed E-state index contributed by atoms with van der Waals surface area (Å²) < 4.78 is 1.43. The summed E-state index contributed by atoms with van der Waals surface area (Å²) in [6.07, 6.45) is 4.72. The minimum atomic E-state index is -0.505. The summed E-state index contributed by atoms with van der Waals surface area (Å²) in [7, 11) is 0. The van der Waals surface area contributed by atoms with E-state index in [2.05, 4.69) is 15.1 Å². The Kier molecular flexibility index (Phi) is 2.17. The highest BCUT2D eigenvalue weighted by atomic mass is 16.1. The second kappa shape index (κ2) is 3.49. The largest absolute Gasteiger partial charge is 0.365 e. The third kappa shape index (κ3) is 1.69. The molecule has 0 radical (unpaired) electrons. The van der Waals surface area contributed by atoms with E-state index in [1.165, 1.54) is 10.9 Å². The van der Waals surface area contributed by atoms with Gasteiger partial charge >= 0.3 is 0 Å². The number of hydrogen-bond donors (Lipinski definition) is 1. The molecule has 0 bridgehead atoms. The van der Waals surface area contributed by atoms with Crippen LogP contribution in [0.1, 0.15) is 16.1 Å². The molecule has 0 aliphatic heterocycles. The van der Waals surface area contributed by atoms with E-state index in [9.17, 15) is 4.79 Å². The molecular weight excluding hydrogens is 194 g/mol. The summed E-state index contributed by atoms with van der Waals surface area (Å²) in [5.74, 6) is -0.0946. The third-order valence-electron chi connectivity index (χ3n) is 1.92. The summed E-state index contributed by atoms with van der Waals surface area (Å²) in [4.78, 5) is 19.0. The second-order valence-corrected chi connectivity index (χ2v) is 2.99. The lowest BCUT2D eigenvalue weighted by atomic mass is 10.2. The van der Waals surface area contributed by atoms with Gasteiger partial charge in [-0.3, -0.25) is 4.79 Å². The van der Waals surface area contributed by atoms with Crippen molar-refractivity contribution in [1.82, 2.24) is 19.7 Å². The first-order chi connectivity index (χ1) is 7.18. The van der Waals surface area contributed by atoms with Gasteiger partial charge in [-0.25, -0.2) is 14.6 Å². The zero-order chi connectivity index (χ0) is 10.8. The maximum absolute atomic E-state index is 11.0. The van der Waals surface area contributed by atoms with Crippen LogP contribution in [-0.2, 0) is 0 Å². The average molecular weight is 203 g/mol. The van der Waals surface area contributed by atoms with Gasteiger partial charge in [-0.05, 0) is 13.0 Å². The molecule has 0 aliphatic carbocycles. The highest BCUT2D eigenvalue weighted by Crippen LogP contribution is 2.07. The summed E-state index contributed by atoms with van der Waals surface area (Å²) in [5, 5.41) is 4.09. The van der Waals surface area contributed by atoms with E-state index in [1.807, 2.05) is 0 Å². The smallest absolute Gasteiger partial charge is 0.252 e. The molecule has 0 saturated heterocycles. The van der Waals surface area contributed by atoms with Crippen molar-refractivity contribution in [2.75, 3.05) is 0 Å². The molecule has 0 aliphatic rings. The maximum atomic E-state index is 11.0. The fraction of sp³-hybridized carbons (Fsp3) is 0.111. The van der Waals surface area contributed by atoms with Gasteiger partial charge in [0.05, 0.1) is 11.3 Å². The Morgan fingerprint density at radius 2 is 2.07 bits per heavy atom. The Hall–Kier alpha value is -2.24. The molecule has 76 valence electrons. The molecule has 0 aromatic carbocycles. The number of carbonyl (C=O) groups excluding carboxylic acids is 1. The number of aromatic nitrogens is 4. The molecule has 6 heteroatoms. The normalized spacial score (nSPS) is 10.2. The third-order valence-corrected chi connectivity index (χ3v) is 1.92. The molecule has 15 heavy (non-hydrogen) atoms. The Labute approximate surface area is 85.8 Å². The van der Waals surface area contributed by atoms with Crippen molar-refractivity contribution in [2.45, 2.75) is 6.92 Å². The highest BCUT2D eigenvalue weighted by Gasteiger charge is 2.11. The average Bonchev–Trinajstić information content (AvgIpc) is 2.62. The molecule has 0 saturated carbocycles. The van der Waals surface area contributed by atoms with Crippen LogP contribution in [0.5, 0.6) is 0 Å². The van der Waals surface area contributed by atoms with E-state index in [0.29, 0.717) is 17.2 Å². The summed E-state index contributed by atoms with van der Waals surface area (Å²) in [6.45, 7) is 1.71. The molecule has 6 nitrogen and oxygen atoms in total. The monoisotopic (exact) mass is 203 g/mol. The van der Waals surface area contributed by atoms with E-state index in [1.54, 1.807) is 25.4 Å². The van der Waals surface area contributed by atoms with Gasteiger partial charge in [-0.1, -0.05) is 0 Å². The van der Waals surface area contributed by atoms with E-state index in [0.717, 1.165) is 0 Å². The molecular formula is C9H9N5O. The van der Waals surface area contributed by atoms with Crippen LogP contribution >= 0.6 is 0 Å². The number of rotatable bonds is 2. The minimum Gasteiger partial charge on any atom is -0.365 e. The van der Waals surface area contributed by atoms with Crippen molar-refractivity contribution in [2.24, 2.45) is 5.73 Å². The number of nitrogens with two attached hydrogens (primary N) is 1. The quantitative estimate of drug-likeness (QED) is 0.748. The van der Waals surface area contributed by atoms with Gasteiger partial charge in [0.1, 0.15) is 0 Å². The predicted molar refractivity (Wildman–Crippen MR) is 52.4 cm³/mol. The van der Waals surface area contributed by atoms with Gasteiger partial charge in [0.2, 0.25) is 5.95 Å². The lowest BCUT2D eigenvalue weighted by molar-refractivity contribution is 0.0999. The van der Waals surface area contributed by atoms with Crippen molar-refractivity contribution in [3.8, 4) is 5.95 Å². The molecule has 2 aromatic rings. The predicted octanol–water partition coefficient (Wildman–Crippen LogP) is 0.0696. The lowest BCUT2D eigenvalue weighted by Gasteiger charge is -1.95. The topological polar surface area (TPSA) is 86.7 Å². The number of aryl methyl sites for hydroxylation is 1. The number of primary amides is 1. The van der Waals surface area contributed by atoms with Gasteiger partial charge in [-0.15, -0.1) is 0 Å². The molecule has 0 fully saturated rings. The van der Waals surface area contributed by atoms with Crippen molar-refractivity contribution >= 4 is 5.91 Å². The van der Waals surface area contributed by atoms with E-state index < -0.39 is 5.91 Å². The number of hydrogen-bond acceptors (Lipinski definition) is 4. The molecule has 1 amide bonds. The van der Waals surface area contributed by atoms with E-state index in [4.69, 9.17) is 5.73 Å². The van der Waals surface area contributed by atoms with Gasteiger partial charge in [0.15, 0.2) is 0 Å². The van der Waals surface area contributed by atoms with Crippen molar-refractivity contribution in [3.05, 3.63) is 35.9 Å². The van der Waals surface area contributed by atoms with Crippen LogP contribution in [-0.4, -0.2) is 25.7 Å². The fourth-order valence-corrected chi connectivity index (χ4v) is 1.21. The van der Waals surface area contributed by atoms with Crippen LogP contribution in [0.2, 0.25) is 0 Å². The second-order valence-electron chi connectivity index (χ2n) is 2.99. The molecule has 0 spiro atoms. The summed E-state index contributed by atoms with van der Waals surface area (Å²) in [6, 6.07) is 1.70. The number of amides is 1. The first-order valence-electron chi connectivity index (χ1n) is 4.32. The highest BCUT2D eigenvalue weighted by molar-refractivity contribution is 5.93. The van der Waals surface area contributed by atoms with E-state index >= 15 is 0 Å². The summed E-state index contributed by atoms with van der Waals surface area (Å²) in [5.41, 5.74) is 6.11. The molecule has 2 rings (SSSR count). The first kappa shape index (κ1) is 9.32. The van der Waals surface area contributed by atoms with Crippen molar-refractivity contribution < 1.29 is 4.79 Å². The van der Waals surface area contributed by atoms with Crippen LogP contribution in [0, 0.1) is 6.92 Å². The van der Waals surface area contributed by atoms with E-state index in [-0.39, 0.29) is 0 Å². The van der Waals surface area contributed by atoms with Gasteiger partial charge < -0.3 is 5.73 Å². The lowest BCUT2D eigenvalue weighted by Crippen LogP contribution is -2.11. The molecule has 0 atom stereocenters. The fourth-order valence-electron chi connectivity index (χ4n) is 1.21. The van der Waals surface area contributed by atoms with Crippen LogP contribution in [0.15, 0.2) is 24.7 Å². The Bertz CT molecular complexity index is 490. The zero-order valence-corrected chi connectivity index (χ0v) is 8.08. The standard InChI is InChI=1S/C9H9N5O/c1-6-7(8(10)15)5-14(13-6)9-11-3-2-4-12-9/h2-5H,1H3,(H2,10,15). The Morgan fingerprint density at radius 1 is 1.40 bits per heavy atom. The Morgan fingerprint density at radius 3 is 2.60 bits per heavy atom.